The zero-order chi connectivity index (χ0) is 16.9. The first kappa shape index (κ1) is 17.0. The van der Waals surface area contributed by atoms with Crippen molar-refractivity contribution in [2.75, 3.05) is 32.5 Å². The minimum Gasteiger partial charge on any atom is -0.466 e. The Kier molecular flexibility index (Phi) is 5.58. The fraction of sp³-hybridized carbons (Fsp3) is 0.444. The number of ether oxygens (including phenoxy) is 1. The molecular formula is C18H22N2O3S. The van der Waals surface area contributed by atoms with E-state index in [4.69, 9.17) is 0 Å². The lowest BCUT2D eigenvalue weighted by Crippen LogP contribution is -2.34. The third kappa shape index (κ3) is 3.99. The van der Waals surface area contributed by atoms with Crippen LogP contribution < -0.4 is 0 Å². The van der Waals surface area contributed by atoms with Gasteiger partial charge in [0.2, 0.25) is 5.91 Å². The number of hydrogen-bond acceptors (Lipinski definition) is 5. The summed E-state index contributed by atoms with van der Waals surface area (Å²) in [4.78, 5) is 27.5. The van der Waals surface area contributed by atoms with Crippen LogP contribution in [0.1, 0.15) is 17.5 Å². The quantitative estimate of drug-likeness (QED) is 0.603. The van der Waals surface area contributed by atoms with Crippen LogP contribution >= 0.6 is 11.8 Å². The van der Waals surface area contributed by atoms with E-state index >= 15 is 0 Å². The number of hydrogen-bond donors (Lipinski definition) is 0. The molecule has 1 aromatic carbocycles. The van der Waals surface area contributed by atoms with Crippen molar-refractivity contribution in [2.24, 2.45) is 0 Å². The largest absolute Gasteiger partial charge is 0.466 e. The molecule has 0 spiro atoms. The van der Waals surface area contributed by atoms with Crippen molar-refractivity contribution in [1.82, 2.24) is 9.80 Å². The molecular weight excluding hydrogens is 324 g/mol. The summed E-state index contributed by atoms with van der Waals surface area (Å²) < 4.78 is 4.65. The number of methoxy groups -OCH3 is 1. The van der Waals surface area contributed by atoms with Crippen LogP contribution in [-0.2, 0) is 27.3 Å². The molecule has 1 saturated heterocycles. The first-order valence-electron chi connectivity index (χ1n) is 8.19. The number of carbonyl (C=O) groups excluding carboxylic acids is 2. The van der Waals surface area contributed by atoms with Gasteiger partial charge in [-0.25, -0.2) is 4.79 Å². The molecule has 0 aliphatic carbocycles. The minimum atomic E-state index is -0.412. The molecule has 0 atom stereocenters. The lowest BCUT2D eigenvalue weighted by atomic mass is 10.00. The highest BCUT2D eigenvalue weighted by Crippen LogP contribution is 2.29. The molecule has 1 fully saturated rings. The maximum absolute atomic E-state index is 12.0. The molecule has 0 bridgehead atoms. The van der Waals surface area contributed by atoms with Gasteiger partial charge in [-0.15, -0.1) is 0 Å². The van der Waals surface area contributed by atoms with Gasteiger partial charge in [-0.3, -0.25) is 9.69 Å². The van der Waals surface area contributed by atoms with E-state index in [0.29, 0.717) is 17.3 Å². The summed E-state index contributed by atoms with van der Waals surface area (Å²) in [6.07, 6.45) is 3.39. The van der Waals surface area contributed by atoms with Crippen molar-refractivity contribution in [2.45, 2.75) is 19.4 Å². The van der Waals surface area contributed by atoms with E-state index in [0.717, 1.165) is 32.5 Å². The molecule has 128 valence electrons. The lowest BCUT2D eigenvalue weighted by Gasteiger charge is -2.29. The van der Waals surface area contributed by atoms with Crippen LogP contribution in [-0.4, -0.2) is 54.2 Å². The topological polar surface area (TPSA) is 49.9 Å². The van der Waals surface area contributed by atoms with Gasteiger partial charge in [0, 0.05) is 26.2 Å². The molecule has 2 aliphatic heterocycles. The van der Waals surface area contributed by atoms with E-state index < -0.39 is 5.97 Å². The third-order valence-corrected chi connectivity index (χ3v) is 5.44. The molecule has 1 aromatic rings. The molecule has 5 nitrogen and oxygen atoms in total. The van der Waals surface area contributed by atoms with Crippen molar-refractivity contribution in [3.05, 3.63) is 46.5 Å². The fourth-order valence-corrected chi connectivity index (χ4v) is 4.08. The summed E-state index contributed by atoms with van der Waals surface area (Å²) in [5.74, 6) is 0.0592. The number of nitrogens with zero attached hydrogens (tertiary/aromatic N) is 2. The average molecular weight is 346 g/mol. The first-order valence-corrected chi connectivity index (χ1v) is 9.18. The second kappa shape index (κ2) is 7.85. The molecule has 3 rings (SSSR count). The molecule has 0 N–H and O–H groups in total. The van der Waals surface area contributed by atoms with E-state index in [2.05, 4.69) is 33.9 Å². The summed E-state index contributed by atoms with van der Waals surface area (Å²) in [6, 6.07) is 8.59. The van der Waals surface area contributed by atoms with Gasteiger partial charge < -0.3 is 9.64 Å². The van der Waals surface area contributed by atoms with E-state index in [1.807, 2.05) is 0 Å². The van der Waals surface area contributed by atoms with Crippen LogP contribution in [0.3, 0.4) is 0 Å². The molecule has 6 heteroatoms. The second-order valence-electron chi connectivity index (χ2n) is 5.99. The monoisotopic (exact) mass is 346 g/mol. The standard InChI is InChI=1S/C18H22N2O3S/c1-23-18(22)11-17-20(16(21)13-24-17)9-4-8-19-10-7-14-5-2-3-6-15(14)12-19/h2-3,5-6,11H,4,7-10,12-13H2,1H3/b17-11-. The number of rotatable bonds is 5. The third-order valence-electron chi connectivity index (χ3n) is 4.42. The SMILES string of the molecule is COC(=O)/C=C1\SCC(=O)N1CCCN1CCc2ccccc2C1. The molecule has 1 amide bonds. The Morgan fingerprint density at radius 2 is 2.08 bits per heavy atom. The van der Waals surface area contributed by atoms with Crippen LogP contribution in [0.4, 0.5) is 0 Å². The maximum Gasteiger partial charge on any atom is 0.333 e. The molecule has 2 heterocycles. The Morgan fingerprint density at radius 1 is 1.29 bits per heavy atom. The zero-order valence-electron chi connectivity index (χ0n) is 13.9. The Bertz CT molecular complexity index is 659. The molecule has 24 heavy (non-hydrogen) atoms. The predicted octanol–water partition coefficient (Wildman–Crippen LogP) is 2.02. The van der Waals surface area contributed by atoms with E-state index in [9.17, 15) is 9.59 Å². The molecule has 0 unspecified atom stereocenters. The summed E-state index contributed by atoms with van der Waals surface area (Å²) in [7, 11) is 1.35. The fourth-order valence-electron chi connectivity index (χ4n) is 3.13. The van der Waals surface area contributed by atoms with Gasteiger partial charge in [0.05, 0.1) is 24.0 Å². The summed E-state index contributed by atoms with van der Waals surface area (Å²) >= 11 is 1.40. The Balaban J connectivity index is 1.52. The van der Waals surface area contributed by atoms with Gasteiger partial charge in [-0.05, 0) is 24.0 Å². The van der Waals surface area contributed by atoms with Crippen LogP contribution in [0.5, 0.6) is 0 Å². The van der Waals surface area contributed by atoms with Gasteiger partial charge in [0.15, 0.2) is 0 Å². The van der Waals surface area contributed by atoms with Gasteiger partial charge in [-0.2, -0.15) is 0 Å². The van der Waals surface area contributed by atoms with Gasteiger partial charge in [0.1, 0.15) is 0 Å². The predicted molar refractivity (Wildman–Crippen MR) is 94.3 cm³/mol. The van der Waals surface area contributed by atoms with Crippen molar-refractivity contribution < 1.29 is 14.3 Å². The number of amides is 1. The Hall–Kier alpha value is -1.79. The van der Waals surface area contributed by atoms with E-state index in [1.165, 1.54) is 36.1 Å². The van der Waals surface area contributed by atoms with Crippen LogP contribution in [0, 0.1) is 0 Å². The smallest absolute Gasteiger partial charge is 0.333 e. The van der Waals surface area contributed by atoms with Crippen molar-refractivity contribution in [3.63, 3.8) is 0 Å². The van der Waals surface area contributed by atoms with Gasteiger partial charge in [-0.1, -0.05) is 36.0 Å². The highest BCUT2D eigenvalue weighted by Gasteiger charge is 2.27. The summed E-state index contributed by atoms with van der Waals surface area (Å²) in [6.45, 7) is 3.63. The number of carbonyl (C=O) groups is 2. The van der Waals surface area contributed by atoms with Crippen LogP contribution in [0.2, 0.25) is 0 Å². The number of thioether (sulfide) groups is 1. The summed E-state index contributed by atoms with van der Waals surface area (Å²) in [5.41, 5.74) is 2.85. The highest BCUT2D eigenvalue weighted by atomic mass is 32.2. The Morgan fingerprint density at radius 3 is 2.88 bits per heavy atom. The van der Waals surface area contributed by atoms with Crippen molar-refractivity contribution >= 4 is 23.6 Å². The van der Waals surface area contributed by atoms with Gasteiger partial charge >= 0.3 is 5.97 Å². The van der Waals surface area contributed by atoms with Crippen molar-refractivity contribution in [1.29, 1.82) is 0 Å². The van der Waals surface area contributed by atoms with Crippen molar-refractivity contribution in [3.8, 4) is 0 Å². The zero-order valence-corrected chi connectivity index (χ0v) is 14.7. The molecule has 0 radical (unpaired) electrons. The molecule has 2 aliphatic rings. The van der Waals surface area contributed by atoms with Crippen LogP contribution in [0.15, 0.2) is 35.4 Å². The van der Waals surface area contributed by atoms with Crippen LogP contribution in [0.25, 0.3) is 0 Å². The highest BCUT2D eigenvalue weighted by molar-refractivity contribution is 8.04. The van der Waals surface area contributed by atoms with Gasteiger partial charge in [0.25, 0.3) is 0 Å². The first-order chi connectivity index (χ1) is 11.7. The summed E-state index contributed by atoms with van der Waals surface area (Å²) in [5, 5.41) is 0.704. The molecule has 0 saturated carbocycles. The van der Waals surface area contributed by atoms with E-state index in [1.54, 1.807) is 4.90 Å². The second-order valence-corrected chi connectivity index (χ2v) is 6.98. The lowest BCUT2D eigenvalue weighted by molar-refractivity contribution is -0.134. The average Bonchev–Trinajstić information content (AvgIpc) is 2.95. The Labute approximate surface area is 146 Å². The normalized spacial score (nSPS) is 19.6. The van der Waals surface area contributed by atoms with E-state index in [-0.39, 0.29) is 5.91 Å². The number of esters is 1. The number of benzene rings is 1. The number of fused-ring (bicyclic) bond motifs is 1. The minimum absolute atomic E-state index is 0.0687. The maximum atomic E-state index is 12.0. The molecule has 0 aromatic heterocycles.